The SMILES string of the molecule is Cc1oc(-c2ccccc2)cc1C(=O)Oc1ccc(C(C)(C)C)cc1. The quantitative estimate of drug-likeness (QED) is 0.451. The van der Waals surface area contributed by atoms with Gasteiger partial charge in [0.1, 0.15) is 22.8 Å². The van der Waals surface area contributed by atoms with Crippen LogP contribution in [0, 0.1) is 6.92 Å². The zero-order valence-electron chi connectivity index (χ0n) is 15.0. The van der Waals surface area contributed by atoms with Gasteiger partial charge >= 0.3 is 5.97 Å². The van der Waals surface area contributed by atoms with E-state index in [1.54, 1.807) is 13.0 Å². The Morgan fingerprint density at radius 3 is 2.20 bits per heavy atom. The highest BCUT2D eigenvalue weighted by Gasteiger charge is 2.19. The number of hydrogen-bond acceptors (Lipinski definition) is 3. The van der Waals surface area contributed by atoms with Gasteiger partial charge in [-0.2, -0.15) is 0 Å². The van der Waals surface area contributed by atoms with Crippen molar-refractivity contribution >= 4 is 5.97 Å². The van der Waals surface area contributed by atoms with Crippen LogP contribution in [0.4, 0.5) is 0 Å². The molecule has 1 heterocycles. The van der Waals surface area contributed by atoms with E-state index in [4.69, 9.17) is 9.15 Å². The third-order valence-electron chi connectivity index (χ3n) is 4.13. The van der Waals surface area contributed by atoms with Crippen molar-refractivity contribution in [2.75, 3.05) is 0 Å². The Bertz CT molecular complexity index is 866. The third-order valence-corrected chi connectivity index (χ3v) is 4.13. The molecule has 3 aromatic rings. The Hall–Kier alpha value is -2.81. The molecule has 0 atom stereocenters. The van der Waals surface area contributed by atoms with Crippen LogP contribution in [0.3, 0.4) is 0 Å². The lowest BCUT2D eigenvalue weighted by molar-refractivity contribution is 0.0733. The number of ether oxygens (including phenoxy) is 1. The van der Waals surface area contributed by atoms with Gasteiger partial charge < -0.3 is 9.15 Å². The van der Waals surface area contributed by atoms with Crippen LogP contribution in [0.5, 0.6) is 5.75 Å². The molecule has 25 heavy (non-hydrogen) atoms. The van der Waals surface area contributed by atoms with Crippen LogP contribution in [0.1, 0.15) is 42.5 Å². The van der Waals surface area contributed by atoms with Gasteiger partial charge in [-0.05, 0) is 36.1 Å². The third kappa shape index (κ3) is 3.82. The Balaban J connectivity index is 1.79. The maximum atomic E-state index is 12.5. The summed E-state index contributed by atoms with van der Waals surface area (Å²) < 4.78 is 11.2. The van der Waals surface area contributed by atoms with Crippen LogP contribution >= 0.6 is 0 Å². The molecule has 1 aromatic heterocycles. The van der Waals surface area contributed by atoms with Gasteiger partial charge in [0.15, 0.2) is 0 Å². The molecule has 0 aliphatic rings. The molecule has 0 aliphatic carbocycles. The average molecular weight is 334 g/mol. The lowest BCUT2D eigenvalue weighted by Gasteiger charge is -2.18. The number of furan rings is 1. The second-order valence-corrected chi connectivity index (χ2v) is 7.11. The predicted octanol–water partition coefficient (Wildman–Crippen LogP) is 5.77. The zero-order valence-corrected chi connectivity index (χ0v) is 15.0. The highest BCUT2D eigenvalue weighted by molar-refractivity contribution is 5.93. The van der Waals surface area contributed by atoms with Gasteiger partial charge in [0.05, 0.1) is 0 Å². The van der Waals surface area contributed by atoms with Crippen molar-refractivity contribution in [3.63, 3.8) is 0 Å². The first-order valence-electron chi connectivity index (χ1n) is 8.33. The molecule has 0 saturated carbocycles. The summed E-state index contributed by atoms with van der Waals surface area (Å²) in [5.41, 5.74) is 2.63. The molecule has 128 valence electrons. The van der Waals surface area contributed by atoms with Crippen molar-refractivity contribution in [2.24, 2.45) is 0 Å². The van der Waals surface area contributed by atoms with E-state index in [1.807, 2.05) is 54.6 Å². The number of carbonyl (C=O) groups excluding carboxylic acids is 1. The maximum absolute atomic E-state index is 12.5. The maximum Gasteiger partial charge on any atom is 0.347 e. The molecule has 0 amide bonds. The summed E-state index contributed by atoms with van der Waals surface area (Å²) in [6.45, 7) is 8.21. The molecule has 0 fully saturated rings. The number of aryl methyl sites for hydroxylation is 1. The second kappa shape index (κ2) is 6.60. The predicted molar refractivity (Wildman–Crippen MR) is 99.0 cm³/mol. The first-order chi connectivity index (χ1) is 11.8. The fourth-order valence-corrected chi connectivity index (χ4v) is 2.61. The fraction of sp³-hybridized carbons (Fsp3) is 0.227. The van der Waals surface area contributed by atoms with Gasteiger partial charge in [0.25, 0.3) is 0 Å². The molecule has 0 N–H and O–H groups in total. The van der Waals surface area contributed by atoms with Crippen molar-refractivity contribution in [1.82, 2.24) is 0 Å². The highest BCUT2D eigenvalue weighted by atomic mass is 16.5. The largest absolute Gasteiger partial charge is 0.460 e. The number of rotatable bonds is 3. The van der Waals surface area contributed by atoms with Crippen molar-refractivity contribution in [3.05, 3.63) is 77.6 Å². The molecule has 0 saturated heterocycles. The first-order valence-corrected chi connectivity index (χ1v) is 8.33. The Kier molecular flexibility index (Phi) is 4.49. The van der Waals surface area contributed by atoms with E-state index in [0.717, 1.165) is 5.56 Å². The fourth-order valence-electron chi connectivity index (χ4n) is 2.61. The average Bonchev–Trinajstić information content (AvgIpc) is 2.97. The second-order valence-electron chi connectivity index (χ2n) is 7.11. The normalized spacial score (nSPS) is 11.4. The Morgan fingerprint density at radius 1 is 0.960 bits per heavy atom. The van der Waals surface area contributed by atoms with Crippen molar-refractivity contribution in [3.8, 4) is 17.1 Å². The lowest BCUT2D eigenvalue weighted by atomic mass is 9.87. The summed E-state index contributed by atoms with van der Waals surface area (Å²) in [5, 5.41) is 0. The zero-order chi connectivity index (χ0) is 18.0. The van der Waals surface area contributed by atoms with Gasteiger partial charge in [0, 0.05) is 5.56 Å². The molecule has 3 heteroatoms. The van der Waals surface area contributed by atoms with Crippen LogP contribution in [0.25, 0.3) is 11.3 Å². The minimum absolute atomic E-state index is 0.0638. The van der Waals surface area contributed by atoms with E-state index < -0.39 is 5.97 Å². The van der Waals surface area contributed by atoms with Crippen LogP contribution in [0.2, 0.25) is 0 Å². The number of benzene rings is 2. The van der Waals surface area contributed by atoms with E-state index in [2.05, 4.69) is 20.8 Å². The van der Waals surface area contributed by atoms with E-state index in [9.17, 15) is 4.79 Å². The summed E-state index contributed by atoms with van der Waals surface area (Å²) in [6.07, 6.45) is 0. The topological polar surface area (TPSA) is 39.4 Å². The molecule has 0 bridgehead atoms. The van der Waals surface area contributed by atoms with Crippen molar-refractivity contribution in [2.45, 2.75) is 33.1 Å². The molecule has 3 nitrogen and oxygen atoms in total. The molecule has 3 rings (SSSR count). The van der Waals surface area contributed by atoms with Crippen molar-refractivity contribution in [1.29, 1.82) is 0 Å². The van der Waals surface area contributed by atoms with E-state index in [0.29, 0.717) is 22.8 Å². The van der Waals surface area contributed by atoms with E-state index >= 15 is 0 Å². The van der Waals surface area contributed by atoms with Crippen LogP contribution in [-0.4, -0.2) is 5.97 Å². The Labute approximate surface area is 148 Å². The molecule has 0 unspecified atom stereocenters. The molecule has 0 spiro atoms. The monoisotopic (exact) mass is 334 g/mol. The van der Waals surface area contributed by atoms with Gasteiger partial charge in [-0.3, -0.25) is 0 Å². The van der Waals surface area contributed by atoms with Crippen LogP contribution in [0.15, 0.2) is 65.1 Å². The smallest absolute Gasteiger partial charge is 0.347 e. The minimum atomic E-state index is -0.410. The molecule has 2 aromatic carbocycles. The minimum Gasteiger partial charge on any atom is -0.460 e. The Morgan fingerprint density at radius 2 is 1.60 bits per heavy atom. The lowest BCUT2D eigenvalue weighted by Crippen LogP contribution is -2.12. The van der Waals surface area contributed by atoms with Gasteiger partial charge in [-0.25, -0.2) is 4.79 Å². The highest BCUT2D eigenvalue weighted by Crippen LogP contribution is 2.27. The summed E-state index contributed by atoms with van der Waals surface area (Å²) in [4.78, 5) is 12.5. The first kappa shape index (κ1) is 17.0. The number of hydrogen-bond donors (Lipinski definition) is 0. The van der Waals surface area contributed by atoms with Gasteiger partial charge in [-0.1, -0.05) is 63.2 Å². The standard InChI is InChI=1S/C22H22O3/c1-15-19(14-20(24-15)16-8-6-5-7-9-16)21(23)25-18-12-10-17(11-13-18)22(2,3)4/h5-14H,1-4H3. The number of carbonyl (C=O) groups is 1. The van der Waals surface area contributed by atoms with Crippen LogP contribution in [-0.2, 0) is 5.41 Å². The van der Waals surface area contributed by atoms with Crippen LogP contribution < -0.4 is 4.74 Å². The molecular formula is C22H22O3. The summed E-state index contributed by atoms with van der Waals surface area (Å²) >= 11 is 0. The molecule has 0 radical (unpaired) electrons. The molecule has 0 aliphatic heterocycles. The number of esters is 1. The van der Waals surface area contributed by atoms with Crippen molar-refractivity contribution < 1.29 is 13.9 Å². The van der Waals surface area contributed by atoms with Gasteiger partial charge in [0.2, 0.25) is 0 Å². The van der Waals surface area contributed by atoms with Gasteiger partial charge in [-0.15, -0.1) is 0 Å². The summed E-state index contributed by atoms with van der Waals surface area (Å²) in [5.74, 6) is 1.33. The van der Waals surface area contributed by atoms with E-state index in [-0.39, 0.29) is 5.41 Å². The summed E-state index contributed by atoms with van der Waals surface area (Å²) in [7, 11) is 0. The molecular weight excluding hydrogens is 312 g/mol. The van der Waals surface area contributed by atoms with E-state index in [1.165, 1.54) is 5.56 Å². The summed E-state index contributed by atoms with van der Waals surface area (Å²) in [6, 6.07) is 19.0.